The number of halogens is 1. The first-order valence-electron chi connectivity index (χ1n) is 5.87. The van der Waals surface area contributed by atoms with Crippen molar-refractivity contribution in [3.8, 4) is 0 Å². The SMILES string of the molecule is COC(=O)C[C@H](NC(=O)N(C)Cc1cc(Br)cs1)C(=O)O. The van der Waals surface area contributed by atoms with Crippen LogP contribution in [0.1, 0.15) is 11.3 Å². The number of ether oxygens (including phenoxy) is 1. The molecule has 1 atom stereocenters. The maximum Gasteiger partial charge on any atom is 0.326 e. The Morgan fingerprint density at radius 2 is 2.19 bits per heavy atom. The van der Waals surface area contributed by atoms with E-state index in [1.54, 1.807) is 7.05 Å². The van der Waals surface area contributed by atoms with Gasteiger partial charge in [0.15, 0.2) is 0 Å². The molecule has 0 fully saturated rings. The van der Waals surface area contributed by atoms with E-state index in [0.29, 0.717) is 6.54 Å². The van der Waals surface area contributed by atoms with Crippen molar-refractivity contribution < 1.29 is 24.2 Å². The molecular formula is C12H15BrN2O5S. The highest BCUT2D eigenvalue weighted by atomic mass is 79.9. The van der Waals surface area contributed by atoms with Crippen molar-refractivity contribution in [3.05, 3.63) is 20.8 Å². The summed E-state index contributed by atoms with van der Waals surface area (Å²) in [6, 6.07) is -0.0179. The third kappa shape index (κ3) is 5.72. The fraction of sp³-hybridized carbons (Fsp3) is 0.417. The number of methoxy groups -OCH3 is 1. The van der Waals surface area contributed by atoms with E-state index in [0.717, 1.165) is 16.5 Å². The topological polar surface area (TPSA) is 95.9 Å². The zero-order valence-corrected chi connectivity index (χ0v) is 13.9. The number of hydrogen-bond acceptors (Lipinski definition) is 5. The maximum atomic E-state index is 11.9. The van der Waals surface area contributed by atoms with Gasteiger partial charge < -0.3 is 20.1 Å². The quantitative estimate of drug-likeness (QED) is 0.733. The number of thiophene rings is 1. The minimum atomic E-state index is -1.32. The largest absolute Gasteiger partial charge is 0.480 e. The number of nitrogens with zero attached hydrogens (tertiary/aromatic N) is 1. The van der Waals surface area contributed by atoms with Crippen LogP contribution in [0.15, 0.2) is 15.9 Å². The molecule has 0 saturated heterocycles. The Bertz CT molecular complexity index is 533. The van der Waals surface area contributed by atoms with Crippen LogP contribution in [0.2, 0.25) is 0 Å². The molecule has 1 aromatic heterocycles. The lowest BCUT2D eigenvalue weighted by Crippen LogP contribution is -2.47. The molecule has 0 unspecified atom stereocenters. The monoisotopic (exact) mass is 378 g/mol. The molecule has 0 radical (unpaired) electrons. The molecule has 1 heterocycles. The van der Waals surface area contributed by atoms with E-state index in [-0.39, 0.29) is 0 Å². The minimum Gasteiger partial charge on any atom is -0.480 e. The summed E-state index contributed by atoms with van der Waals surface area (Å²) >= 11 is 4.79. The lowest BCUT2D eigenvalue weighted by molar-refractivity contribution is -0.147. The lowest BCUT2D eigenvalue weighted by atomic mass is 10.2. The van der Waals surface area contributed by atoms with Gasteiger partial charge in [-0.15, -0.1) is 11.3 Å². The van der Waals surface area contributed by atoms with Gasteiger partial charge in [0.25, 0.3) is 0 Å². The molecule has 1 rings (SSSR count). The van der Waals surface area contributed by atoms with Gasteiger partial charge in [-0.05, 0) is 22.0 Å². The first-order valence-corrected chi connectivity index (χ1v) is 7.55. The van der Waals surface area contributed by atoms with Gasteiger partial charge in [0.2, 0.25) is 0 Å². The summed E-state index contributed by atoms with van der Waals surface area (Å²) in [4.78, 5) is 36.4. The Morgan fingerprint density at radius 3 is 2.67 bits per heavy atom. The second-order valence-corrected chi connectivity index (χ2v) is 6.12. The van der Waals surface area contributed by atoms with E-state index >= 15 is 0 Å². The zero-order chi connectivity index (χ0) is 16.0. The van der Waals surface area contributed by atoms with Crippen molar-refractivity contribution in [2.45, 2.75) is 19.0 Å². The van der Waals surface area contributed by atoms with E-state index in [9.17, 15) is 14.4 Å². The van der Waals surface area contributed by atoms with E-state index < -0.39 is 30.4 Å². The fourth-order valence-corrected chi connectivity index (χ4v) is 2.96. The van der Waals surface area contributed by atoms with Crippen LogP contribution in [0.25, 0.3) is 0 Å². The van der Waals surface area contributed by atoms with Gasteiger partial charge in [0.1, 0.15) is 6.04 Å². The third-order valence-electron chi connectivity index (χ3n) is 2.56. The normalized spacial score (nSPS) is 11.6. The third-order valence-corrected chi connectivity index (χ3v) is 4.24. The van der Waals surface area contributed by atoms with Crippen LogP contribution < -0.4 is 5.32 Å². The molecule has 0 spiro atoms. The van der Waals surface area contributed by atoms with E-state index in [1.165, 1.54) is 16.2 Å². The van der Waals surface area contributed by atoms with Crippen molar-refractivity contribution in [1.29, 1.82) is 0 Å². The van der Waals surface area contributed by atoms with Crippen LogP contribution in [0.4, 0.5) is 4.79 Å². The number of carboxylic acids is 1. The fourth-order valence-electron chi connectivity index (χ4n) is 1.45. The molecule has 0 saturated carbocycles. The number of carbonyl (C=O) groups excluding carboxylic acids is 2. The summed E-state index contributed by atoms with van der Waals surface area (Å²) in [6.07, 6.45) is -0.421. The number of esters is 1. The van der Waals surface area contributed by atoms with E-state index in [4.69, 9.17) is 5.11 Å². The van der Waals surface area contributed by atoms with Crippen LogP contribution in [0, 0.1) is 0 Å². The van der Waals surface area contributed by atoms with Crippen molar-refractivity contribution in [3.63, 3.8) is 0 Å². The van der Waals surface area contributed by atoms with Gasteiger partial charge in [-0.25, -0.2) is 9.59 Å². The van der Waals surface area contributed by atoms with Crippen LogP contribution in [0.5, 0.6) is 0 Å². The van der Waals surface area contributed by atoms with Gasteiger partial charge in [-0.1, -0.05) is 0 Å². The minimum absolute atomic E-state index is 0.340. The summed E-state index contributed by atoms with van der Waals surface area (Å²) in [5.74, 6) is -1.99. The maximum absolute atomic E-state index is 11.9. The molecule has 0 aromatic carbocycles. The summed E-state index contributed by atoms with van der Waals surface area (Å²) < 4.78 is 5.32. The lowest BCUT2D eigenvalue weighted by Gasteiger charge is -2.20. The van der Waals surface area contributed by atoms with E-state index in [2.05, 4.69) is 26.0 Å². The number of urea groups is 1. The van der Waals surface area contributed by atoms with Crippen LogP contribution in [-0.4, -0.2) is 48.2 Å². The molecule has 116 valence electrons. The number of carboxylic acid groups (broad SMARTS) is 1. The molecule has 7 nitrogen and oxygen atoms in total. The van der Waals surface area contributed by atoms with Gasteiger partial charge >= 0.3 is 18.0 Å². The molecule has 21 heavy (non-hydrogen) atoms. The predicted octanol–water partition coefficient (Wildman–Crippen LogP) is 1.67. The molecule has 0 aliphatic heterocycles. The van der Waals surface area contributed by atoms with Crippen molar-refractivity contribution in [2.24, 2.45) is 0 Å². The molecule has 0 bridgehead atoms. The molecule has 2 amide bonds. The van der Waals surface area contributed by atoms with Crippen LogP contribution >= 0.6 is 27.3 Å². The number of rotatable bonds is 6. The van der Waals surface area contributed by atoms with E-state index in [1.807, 2.05) is 11.4 Å². The van der Waals surface area contributed by atoms with Crippen LogP contribution in [0.3, 0.4) is 0 Å². The second kappa shape index (κ2) is 7.99. The highest BCUT2D eigenvalue weighted by molar-refractivity contribution is 9.10. The molecular weight excluding hydrogens is 364 g/mol. The van der Waals surface area contributed by atoms with Crippen molar-refractivity contribution >= 4 is 45.2 Å². The Labute approximate surface area is 134 Å². The smallest absolute Gasteiger partial charge is 0.326 e. The van der Waals surface area contributed by atoms with Crippen molar-refractivity contribution in [1.82, 2.24) is 10.2 Å². The number of amides is 2. The molecule has 2 N–H and O–H groups in total. The second-order valence-electron chi connectivity index (χ2n) is 4.21. The van der Waals surface area contributed by atoms with Crippen molar-refractivity contribution in [2.75, 3.05) is 14.2 Å². The van der Waals surface area contributed by atoms with Gasteiger partial charge in [0, 0.05) is 21.8 Å². The molecule has 9 heteroatoms. The first-order chi connectivity index (χ1) is 9.83. The highest BCUT2D eigenvalue weighted by Crippen LogP contribution is 2.20. The number of hydrogen-bond donors (Lipinski definition) is 2. The summed E-state index contributed by atoms with van der Waals surface area (Å²) in [6.45, 7) is 0.340. The number of aliphatic carboxylic acids is 1. The summed E-state index contributed by atoms with van der Waals surface area (Å²) in [7, 11) is 2.70. The average Bonchev–Trinajstić information content (AvgIpc) is 2.82. The van der Waals surface area contributed by atoms with Gasteiger partial charge in [-0.2, -0.15) is 0 Å². The molecule has 0 aliphatic rings. The van der Waals surface area contributed by atoms with Gasteiger partial charge in [0.05, 0.1) is 20.1 Å². The van der Waals surface area contributed by atoms with Crippen LogP contribution in [-0.2, 0) is 20.9 Å². The Hall–Kier alpha value is -1.61. The summed E-state index contributed by atoms with van der Waals surface area (Å²) in [5.41, 5.74) is 0. The molecule has 1 aromatic rings. The Balaban J connectivity index is 2.59. The Morgan fingerprint density at radius 1 is 1.52 bits per heavy atom. The Kier molecular flexibility index (Phi) is 6.63. The highest BCUT2D eigenvalue weighted by Gasteiger charge is 2.25. The standard InChI is InChI=1S/C12H15BrN2O5S/c1-15(5-8-3-7(13)6-21-8)12(19)14-9(11(17)18)4-10(16)20-2/h3,6,9H,4-5H2,1-2H3,(H,14,19)(H,17,18)/t9-/m0/s1. The number of nitrogens with one attached hydrogen (secondary N) is 1. The summed E-state index contributed by atoms with van der Waals surface area (Å²) in [5, 5.41) is 13.2. The average molecular weight is 379 g/mol. The predicted molar refractivity (Wildman–Crippen MR) is 80.1 cm³/mol. The van der Waals surface area contributed by atoms with Gasteiger partial charge in [-0.3, -0.25) is 4.79 Å². The first kappa shape index (κ1) is 17.4. The zero-order valence-electron chi connectivity index (χ0n) is 11.5. The molecule has 0 aliphatic carbocycles. The number of carbonyl (C=O) groups is 3.